The molecule has 4 nitrogen and oxygen atoms in total. The van der Waals surface area contributed by atoms with Crippen LogP contribution in [0.1, 0.15) is 85.1 Å². The highest BCUT2D eigenvalue weighted by Crippen LogP contribution is 2.74. The third-order valence-corrected chi connectivity index (χ3v) is 11.3. The Hall–Kier alpha value is -2.23. The van der Waals surface area contributed by atoms with E-state index in [0.29, 0.717) is 11.1 Å². The zero-order valence-electron chi connectivity index (χ0n) is 20.8. The Morgan fingerprint density at radius 1 is 1.00 bits per heavy atom. The number of carbonyl (C=O) groups excluding carboxylic acids is 1. The molecule has 4 heteroatoms. The number of amides is 1. The molecule has 4 aliphatic carbocycles. The van der Waals surface area contributed by atoms with Crippen molar-refractivity contribution in [2.45, 2.75) is 85.0 Å². The number of allylic oxidation sites excluding steroid dienone is 2. The second-order valence-corrected chi connectivity index (χ2v) is 12.8. The largest absolute Gasteiger partial charge is 0.504 e. The molecule has 0 saturated heterocycles. The second-order valence-electron chi connectivity index (χ2n) is 12.8. The monoisotopic (exact) mass is 449 g/mol. The van der Waals surface area contributed by atoms with Gasteiger partial charge in [0.05, 0.1) is 0 Å². The van der Waals surface area contributed by atoms with Crippen LogP contribution in [0.5, 0.6) is 11.5 Å². The normalized spacial score (nSPS) is 43.8. The SMILES string of the molecule is C=c1c(O)c(O)cc2c1=CC=C1C2(C)CCC2(C)C3CC(C)(C(N)=O)CCC3(C)CCC12C. The predicted octanol–water partition coefficient (Wildman–Crippen LogP) is 4.38. The molecule has 1 aromatic rings. The summed E-state index contributed by atoms with van der Waals surface area (Å²) in [7, 11) is 0. The van der Waals surface area contributed by atoms with Gasteiger partial charge in [-0.1, -0.05) is 58.9 Å². The van der Waals surface area contributed by atoms with E-state index in [1.54, 1.807) is 6.07 Å². The van der Waals surface area contributed by atoms with Gasteiger partial charge < -0.3 is 15.9 Å². The lowest BCUT2D eigenvalue weighted by Gasteiger charge is -2.69. The van der Waals surface area contributed by atoms with E-state index in [4.69, 9.17) is 5.73 Å². The Bertz CT molecular complexity index is 1220. The molecule has 4 aliphatic rings. The van der Waals surface area contributed by atoms with E-state index in [2.05, 4.69) is 53.3 Å². The molecule has 0 aliphatic heterocycles. The lowest BCUT2D eigenvalue weighted by atomic mass is 9.34. The van der Waals surface area contributed by atoms with Crippen LogP contribution >= 0.6 is 0 Å². The van der Waals surface area contributed by atoms with Crippen molar-refractivity contribution in [3.63, 3.8) is 0 Å². The number of aromatic hydroxyl groups is 2. The summed E-state index contributed by atoms with van der Waals surface area (Å²) in [4.78, 5) is 12.5. The highest BCUT2D eigenvalue weighted by molar-refractivity contribution is 5.80. The molecule has 6 atom stereocenters. The Morgan fingerprint density at radius 2 is 1.67 bits per heavy atom. The van der Waals surface area contributed by atoms with Gasteiger partial charge >= 0.3 is 0 Å². The van der Waals surface area contributed by atoms with Crippen LogP contribution in [0, 0.1) is 27.6 Å². The maximum atomic E-state index is 12.5. The van der Waals surface area contributed by atoms with Gasteiger partial charge in [-0.3, -0.25) is 4.79 Å². The minimum absolute atomic E-state index is 0.0247. The molecular weight excluding hydrogens is 410 g/mol. The van der Waals surface area contributed by atoms with Crippen LogP contribution < -0.4 is 16.2 Å². The van der Waals surface area contributed by atoms with Crippen molar-refractivity contribution in [1.82, 2.24) is 0 Å². The summed E-state index contributed by atoms with van der Waals surface area (Å²) in [5.74, 6) is 0.0597. The van der Waals surface area contributed by atoms with Crippen LogP contribution in [-0.2, 0) is 10.2 Å². The number of benzene rings is 1. The minimum Gasteiger partial charge on any atom is -0.504 e. The summed E-state index contributed by atoms with van der Waals surface area (Å²) >= 11 is 0. The van der Waals surface area contributed by atoms with E-state index >= 15 is 0 Å². The Labute approximate surface area is 197 Å². The molecule has 6 unspecified atom stereocenters. The first-order valence-corrected chi connectivity index (χ1v) is 12.5. The molecule has 33 heavy (non-hydrogen) atoms. The van der Waals surface area contributed by atoms with Crippen molar-refractivity contribution >= 4 is 18.6 Å². The third kappa shape index (κ3) is 2.61. The summed E-state index contributed by atoms with van der Waals surface area (Å²) in [6, 6.07) is 1.76. The van der Waals surface area contributed by atoms with E-state index in [0.717, 1.165) is 55.7 Å². The molecular formula is C29H39NO3. The summed E-state index contributed by atoms with van der Waals surface area (Å²) in [6.07, 6.45) is 11.5. The van der Waals surface area contributed by atoms with Crippen molar-refractivity contribution < 1.29 is 15.0 Å². The van der Waals surface area contributed by atoms with Gasteiger partial charge in [-0.15, -0.1) is 0 Å². The van der Waals surface area contributed by atoms with Gasteiger partial charge in [0, 0.05) is 16.0 Å². The summed E-state index contributed by atoms with van der Waals surface area (Å²) in [5.41, 5.74) is 8.04. The molecule has 0 bridgehead atoms. The summed E-state index contributed by atoms with van der Waals surface area (Å²) in [6.45, 7) is 15.8. The fourth-order valence-corrected chi connectivity index (χ4v) is 8.59. The molecule has 3 fully saturated rings. The van der Waals surface area contributed by atoms with E-state index in [9.17, 15) is 15.0 Å². The van der Waals surface area contributed by atoms with Gasteiger partial charge in [0.2, 0.25) is 5.91 Å². The van der Waals surface area contributed by atoms with Gasteiger partial charge in [0.1, 0.15) is 0 Å². The maximum absolute atomic E-state index is 12.5. The molecule has 3 saturated carbocycles. The Morgan fingerprint density at radius 3 is 2.33 bits per heavy atom. The van der Waals surface area contributed by atoms with Gasteiger partial charge in [0.25, 0.3) is 0 Å². The zero-order valence-corrected chi connectivity index (χ0v) is 20.8. The molecule has 0 radical (unpaired) electrons. The first-order chi connectivity index (χ1) is 15.2. The molecule has 178 valence electrons. The van der Waals surface area contributed by atoms with Crippen LogP contribution in [0.3, 0.4) is 0 Å². The van der Waals surface area contributed by atoms with Crippen LogP contribution in [0.2, 0.25) is 0 Å². The van der Waals surface area contributed by atoms with Crippen molar-refractivity contribution in [3.8, 4) is 11.5 Å². The number of phenols is 2. The average molecular weight is 450 g/mol. The van der Waals surface area contributed by atoms with E-state index in [-0.39, 0.29) is 39.1 Å². The number of hydrogen-bond acceptors (Lipinski definition) is 3. The topological polar surface area (TPSA) is 83.6 Å². The molecule has 5 rings (SSSR count). The van der Waals surface area contributed by atoms with Crippen molar-refractivity contribution in [2.24, 2.45) is 33.3 Å². The standard InChI is InChI=1S/C29H39NO3/c1-17-18-7-8-21-27(4,19(18)15-20(31)23(17)32)12-14-29(6)22-16-26(3,24(30)33)10-9-25(22,2)11-13-28(21,29)5/h7-8,15,22,31-32H,1,9-14,16H2,2-6H3,(H2,30,33). The first kappa shape index (κ1) is 22.6. The summed E-state index contributed by atoms with van der Waals surface area (Å²) < 4.78 is 0. The number of fused-ring (bicyclic) bond motifs is 7. The van der Waals surface area contributed by atoms with Crippen LogP contribution in [0.4, 0.5) is 0 Å². The minimum atomic E-state index is -0.433. The van der Waals surface area contributed by atoms with Gasteiger partial charge in [0.15, 0.2) is 11.5 Å². The number of carbonyl (C=O) groups is 1. The predicted molar refractivity (Wildman–Crippen MR) is 132 cm³/mol. The Balaban J connectivity index is 1.68. The van der Waals surface area contributed by atoms with Gasteiger partial charge in [-0.2, -0.15) is 0 Å². The molecule has 4 N–H and O–H groups in total. The van der Waals surface area contributed by atoms with E-state index in [1.807, 2.05) is 0 Å². The van der Waals surface area contributed by atoms with Crippen LogP contribution in [0.15, 0.2) is 17.7 Å². The van der Waals surface area contributed by atoms with Crippen molar-refractivity contribution in [2.75, 3.05) is 0 Å². The first-order valence-electron chi connectivity index (χ1n) is 12.5. The van der Waals surface area contributed by atoms with Crippen molar-refractivity contribution in [3.05, 3.63) is 33.7 Å². The molecule has 1 amide bonds. The highest BCUT2D eigenvalue weighted by Gasteiger charge is 2.66. The zero-order chi connectivity index (χ0) is 24.2. The fourth-order valence-electron chi connectivity index (χ4n) is 8.59. The van der Waals surface area contributed by atoms with Crippen molar-refractivity contribution in [1.29, 1.82) is 0 Å². The van der Waals surface area contributed by atoms with E-state index < -0.39 is 5.41 Å². The van der Waals surface area contributed by atoms with Gasteiger partial charge in [-0.05, 0) is 84.0 Å². The number of hydrogen-bond donors (Lipinski definition) is 3. The average Bonchev–Trinajstić information content (AvgIpc) is 2.75. The summed E-state index contributed by atoms with van der Waals surface area (Å²) in [5, 5.41) is 22.2. The number of primary amides is 1. The lowest BCUT2D eigenvalue weighted by molar-refractivity contribution is -0.165. The number of rotatable bonds is 1. The second kappa shape index (κ2) is 6.46. The maximum Gasteiger partial charge on any atom is 0.223 e. The lowest BCUT2D eigenvalue weighted by Crippen LogP contribution is -2.63. The quantitative estimate of drug-likeness (QED) is 0.556. The van der Waals surface area contributed by atoms with Crippen LogP contribution in [-0.4, -0.2) is 16.1 Å². The molecule has 0 aromatic heterocycles. The third-order valence-electron chi connectivity index (χ3n) is 11.3. The van der Waals surface area contributed by atoms with E-state index in [1.165, 1.54) is 5.57 Å². The number of phenolic OH excluding ortho intramolecular Hbond substituents is 2. The highest BCUT2D eigenvalue weighted by atomic mass is 16.3. The smallest absolute Gasteiger partial charge is 0.223 e. The molecule has 0 spiro atoms. The van der Waals surface area contributed by atoms with Crippen LogP contribution in [0.25, 0.3) is 12.7 Å². The number of nitrogens with two attached hydrogens (primary N) is 1. The molecule has 0 heterocycles. The Kier molecular flexibility index (Phi) is 4.41. The fraction of sp³-hybridized carbons (Fsp3) is 0.621. The van der Waals surface area contributed by atoms with Gasteiger partial charge in [-0.25, -0.2) is 0 Å². The molecule has 1 aromatic carbocycles.